The lowest BCUT2D eigenvalue weighted by molar-refractivity contribution is 0.249. The van der Waals surface area contributed by atoms with Crippen LogP contribution >= 0.6 is 0 Å². The lowest BCUT2D eigenvalue weighted by Gasteiger charge is -2.11. The molecule has 0 fully saturated rings. The first-order valence-electron chi connectivity index (χ1n) is 4.49. The number of carbonyl (C=O) groups is 1. The first-order valence-corrected chi connectivity index (χ1v) is 4.49. The van der Waals surface area contributed by atoms with Gasteiger partial charge in [-0.25, -0.2) is 10.2 Å². The van der Waals surface area contributed by atoms with Crippen molar-refractivity contribution in [1.82, 2.24) is 5.43 Å². The highest BCUT2D eigenvalue weighted by Crippen LogP contribution is 2.18. The zero-order chi connectivity index (χ0) is 9.68. The monoisotopic (exact) mass is 181 g/mol. The number of urea groups is 1. The van der Waals surface area contributed by atoms with Crippen LogP contribution in [0.3, 0.4) is 0 Å². The normalized spacial score (nSPS) is 17.9. The van der Waals surface area contributed by atoms with Crippen LogP contribution in [0.4, 0.5) is 4.79 Å². The number of hydrogen-bond donors (Lipinski definition) is 2. The highest BCUT2D eigenvalue weighted by atomic mass is 16.2. The molecular formula is C9H15N3O. The second kappa shape index (κ2) is 4.64. The van der Waals surface area contributed by atoms with Gasteiger partial charge in [0.25, 0.3) is 0 Å². The van der Waals surface area contributed by atoms with Crippen molar-refractivity contribution in [2.45, 2.75) is 32.6 Å². The van der Waals surface area contributed by atoms with Gasteiger partial charge in [-0.1, -0.05) is 6.08 Å². The summed E-state index contributed by atoms with van der Waals surface area (Å²) in [6.07, 6.45) is 6.79. The number of amides is 2. The van der Waals surface area contributed by atoms with Crippen molar-refractivity contribution >= 4 is 11.7 Å². The Morgan fingerprint density at radius 2 is 2.38 bits per heavy atom. The molecule has 72 valence electrons. The van der Waals surface area contributed by atoms with Crippen LogP contribution in [0.2, 0.25) is 0 Å². The summed E-state index contributed by atoms with van der Waals surface area (Å²) >= 11 is 0. The molecule has 2 amide bonds. The molecule has 0 bridgehead atoms. The summed E-state index contributed by atoms with van der Waals surface area (Å²) in [7, 11) is 0. The molecule has 0 spiro atoms. The Balaban J connectivity index is 2.54. The van der Waals surface area contributed by atoms with E-state index in [9.17, 15) is 4.79 Å². The number of rotatable bonds is 2. The van der Waals surface area contributed by atoms with Gasteiger partial charge < -0.3 is 5.73 Å². The minimum atomic E-state index is -0.615. The van der Waals surface area contributed by atoms with Crippen molar-refractivity contribution in [1.29, 1.82) is 0 Å². The Bertz CT molecular complexity index is 256. The van der Waals surface area contributed by atoms with Crippen molar-refractivity contribution in [2.75, 3.05) is 0 Å². The van der Waals surface area contributed by atoms with Crippen molar-refractivity contribution < 1.29 is 4.79 Å². The SMILES string of the molecule is C/C(=N\NC(N)=O)C1=CCCCC1. The molecule has 0 aromatic carbocycles. The van der Waals surface area contributed by atoms with Crippen LogP contribution in [0.1, 0.15) is 32.6 Å². The zero-order valence-electron chi connectivity index (χ0n) is 7.84. The summed E-state index contributed by atoms with van der Waals surface area (Å²) in [5.41, 5.74) is 9.20. The van der Waals surface area contributed by atoms with Crippen molar-refractivity contribution in [3.63, 3.8) is 0 Å². The van der Waals surface area contributed by atoms with Crippen LogP contribution in [0.15, 0.2) is 16.8 Å². The largest absolute Gasteiger partial charge is 0.350 e. The van der Waals surface area contributed by atoms with Crippen LogP contribution in [-0.2, 0) is 0 Å². The number of primary amides is 1. The fourth-order valence-electron chi connectivity index (χ4n) is 1.38. The molecule has 0 saturated carbocycles. The lowest BCUT2D eigenvalue weighted by Crippen LogP contribution is -2.25. The van der Waals surface area contributed by atoms with E-state index in [0.29, 0.717) is 0 Å². The number of allylic oxidation sites excluding steroid dienone is 2. The molecular weight excluding hydrogens is 166 g/mol. The predicted octanol–water partition coefficient (Wildman–Crippen LogP) is 1.53. The Hall–Kier alpha value is -1.32. The van der Waals surface area contributed by atoms with Crippen molar-refractivity contribution in [3.8, 4) is 0 Å². The third kappa shape index (κ3) is 3.27. The predicted molar refractivity (Wildman–Crippen MR) is 52.4 cm³/mol. The Morgan fingerprint density at radius 3 is 2.92 bits per heavy atom. The van der Waals surface area contributed by atoms with Gasteiger partial charge in [0.1, 0.15) is 0 Å². The molecule has 1 aliphatic carbocycles. The number of carbonyl (C=O) groups excluding carboxylic acids is 1. The average molecular weight is 181 g/mol. The van der Waals surface area contributed by atoms with Gasteiger partial charge in [0.15, 0.2) is 0 Å². The third-order valence-corrected chi connectivity index (χ3v) is 2.09. The second-order valence-electron chi connectivity index (χ2n) is 3.15. The molecule has 13 heavy (non-hydrogen) atoms. The molecule has 1 aliphatic rings. The Kier molecular flexibility index (Phi) is 3.49. The van der Waals surface area contributed by atoms with Gasteiger partial charge in [0.2, 0.25) is 0 Å². The van der Waals surface area contributed by atoms with Gasteiger partial charge in [0, 0.05) is 0 Å². The summed E-state index contributed by atoms with van der Waals surface area (Å²) < 4.78 is 0. The molecule has 0 aliphatic heterocycles. The fraction of sp³-hybridized carbons (Fsp3) is 0.556. The van der Waals surface area contributed by atoms with Crippen molar-refractivity contribution in [3.05, 3.63) is 11.6 Å². The number of nitrogens with zero attached hydrogens (tertiary/aromatic N) is 1. The molecule has 0 unspecified atom stereocenters. The number of hydrogen-bond acceptors (Lipinski definition) is 2. The van der Waals surface area contributed by atoms with E-state index in [1.165, 1.54) is 18.4 Å². The molecule has 0 saturated heterocycles. The summed E-state index contributed by atoms with van der Waals surface area (Å²) in [4.78, 5) is 10.4. The van der Waals surface area contributed by atoms with Gasteiger partial charge in [-0.15, -0.1) is 0 Å². The quantitative estimate of drug-likeness (QED) is 0.492. The average Bonchev–Trinajstić information content (AvgIpc) is 2.15. The van der Waals surface area contributed by atoms with Crippen LogP contribution in [-0.4, -0.2) is 11.7 Å². The van der Waals surface area contributed by atoms with Gasteiger partial charge >= 0.3 is 6.03 Å². The molecule has 1 rings (SSSR count). The molecule has 0 heterocycles. The van der Waals surface area contributed by atoms with E-state index in [4.69, 9.17) is 5.73 Å². The highest BCUT2D eigenvalue weighted by Gasteiger charge is 2.06. The zero-order valence-corrected chi connectivity index (χ0v) is 7.84. The smallest absolute Gasteiger partial charge is 0.332 e. The Morgan fingerprint density at radius 1 is 1.62 bits per heavy atom. The van der Waals surface area contributed by atoms with Crippen molar-refractivity contribution in [2.24, 2.45) is 10.8 Å². The van der Waals surface area contributed by atoms with E-state index < -0.39 is 6.03 Å². The highest BCUT2D eigenvalue weighted by molar-refractivity contribution is 5.98. The van der Waals surface area contributed by atoms with Gasteiger partial charge in [-0.3, -0.25) is 0 Å². The maximum Gasteiger partial charge on any atom is 0.332 e. The van der Waals surface area contributed by atoms with Crippen LogP contribution < -0.4 is 11.2 Å². The Labute approximate surface area is 77.9 Å². The standard InChI is InChI=1S/C9H15N3O/c1-7(11-12-9(10)13)8-5-3-2-4-6-8/h5H,2-4,6H2,1H3,(H3,10,12,13)/b11-7+. The summed E-state index contributed by atoms with van der Waals surface area (Å²) in [5, 5.41) is 3.87. The first kappa shape index (κ1) is 9.77. The summed E-state index contributed by atoms with van der Waals surface area (Å²) in [6, 6.07) is -0.615. The van der Waals surface area contributed by atoms with E-state index in [-0.39, 0.29) is 0 Å². The molecule has 0 radical (unpaired) electrons. The minimum absolute atomic E-state index is 0.615. The topological polar surface area (TPSA) is 67.5 Å². The van der Waals surface area contributed by atoms with E-state index in [2.05, 4.69) is 16.6 Å². The molecule has 0 atom stereocenters. The maximum atomic E-state index is 10.4. The van der Waals surface area contributed by atoms with E-state index in [1.807, 2.05) is 6.92 Å². The van der Waals surface area contributed by atoms with E-state index >= 15 is 0 Å². The lowest BCUT2D eigenvalue weighted by atomic mass is 9.97. The third-order valence-electron chi connectivity index (χ3n) is 2.09. The minimum Gasteiger partial charge on any atom is -0.350 e. The van der Waals surface area contributed by atoms with E-state index in [0.717, 1.165) is 18.6 Å². The number of nitrogens with two attached hydrogens (primary N) is 1. The molecule has 0 aromatic rings. The number of nitrogens with one attached hydrogen (secondary N) is 1. The summed E-state index contributed by atoms with van der Waals surface area (Å²) in [5.74, 6) is 0. The van der Waals surface area contributed by atoms with Gasteiger partial charge in [-0.05, 0) is 38.2 Å². The molecule has 4 nitrogen and oxygen atoms in total. The summed E-state index contributed by atoms with van der Waals surface area (Å²) in [6.45, 7) is 1.88. The van der Waals surface area contributed by atoms with Crippen LogP contribution in [0.25, 0.3) is 0 Å². The molecule has 3 N–H and O–H groups in total. The fourth-order valence-corrected chi connectivity index (χ4v) is 1.38. The number of hydrazone groups is 1. The maximum absolute atomic E-state index is 10.4. The second-order valence-corrected chi connectivity index (χ2v) is 3.15. The van der Waals surface area contributed by atoms with Crippen LogP contribution in [0.5, 0.6) is 0 Å². The van der Waals surface area contributed by atoms with E-state index in [1.54, 1.807) is 0 Å². The molecule has 4 heteroatoms. The van der Waals surface area contributed by atoms with Gasteiger partial charge in [-0.2, -0.15) is 5.10 Å². The molecule has 0 aromatic heterocycles. The van der Waals surface area contributed by atoms with Gasteiger partial charge in [0.05, 0.1) is 5.71 Å². The van der Waals surface area contributed by atoms with Crippen LogP contribution in [0, 0.1) is 0 Å². The first-order chi connectivity index (χ1) is 6.20.